The number of isocyanates is 2. The smallest absolute Gasteiger partial charge is 0.211 e. The summed E-state index contributed by atoms with van der Waals surface area (Å²) >= 11 is 2.54. The van der Waals surface area contributed by atoms with Gasteiger partial charge in [-0.15, -0.1) is 0 Å². The standard InChI is InChI=1S/C5H2N2O2S2/c8-2-6-4-1-10-5(11-4)7-3-9/h1,5H. The summed E-state index contributed by atoms with van der Waals surface area (Å²) in [7, 11) is 0. The maximum absolute atomic E-state index is 9.78. The fourth-order valence-electron chi connectivity index (χ4n) is 0.473. The van der Waals surface area contributed by atoms with Crippen molar-refractivity contribution in [1.82, 2.24) is 0 Å². The predicted octanol–water partition coefficient (Wildman–Crippen LogP) is 1.22. The van der Waals surface area contributed by atoms with Crippen LogP contribution in [-0.4, -0.2) is 16.9 Å². The molecule has 1 aliphatic rings. The Morgan fingerprint density at radius 3 is 2.91 bits per heavy atom. The average Bonchev–Trinajstić information content (AvgIpc) is 2.38. The van der Waals surface area contributed by atoms with Crippen LogP contribution in [0.3, 0.4) is 0 Å². The Morgan fingerprint density at radius 2 is 2.27 bits per heavy atom. The van der Waals surface area contributed by atoms with E-state index in [2.05, 4.69) is 9.98 Å². The molecule has 0 aliphatic carbocycles. The molecule has 0 saturated heterocycles. The van der Waals surface area contributed by atoms with Crippen LogP contribution in [0.25, 0.3) is 0 Å². The van der Waals surface area contributed by atoms with Gasteiger partial charge in [-0.25, -0.2) is 9.59 Å². The van der Waals surface area contributed by atoms with Gasteiger partial charge in [0.2, 0.25) is 12.2 Å². The molecule has 0 bridgehead atoms. The minimum atomic E-state index is -0.236. The quantitative estimate of drug-likeness (QED) is 0.480. The van der Waals surface area contributed by atoms with E-state index in [1.807, 2.05) is 0 Å². The molecule has 6 heteroatoms. The number of hydrogen-bond acceptors (Lipinski definition) is 6. The normalized spacial score (nSPS) is 21.5. The second-order valence-electron chi connectivity index (χ2n) is 1.44. The van der Waals surface area contributed by atoms with E-state index in [0.717, 1.165) is 0 Å². The molecule has 1 aliphatic heterocycles. The fraction of sp³-hybridized carbons (Fsp3) is 0.200. The van der Waals surface area contributed by atoms with Crippen molar-refractivity contribution in [2.75, 3.05) is 0 Å². The third kappa shape index (κ3) is 2.37. The molecule has 1 atom stereocenters. The highest BCUT2D eigenvalue weighted by molar-refractivity contribution is 8.22. The molecule has 1 heterocycles. The number of thioether (sulfide) groups is 2. The lowest BCUT2D eigenvalue weighted by molar-refractivity contribution is 0.563. The lowest BCUT2D eigenvalue weighted by Gasteiger charge is -1.93. The van der Waals surface area contributed by atoms with Crippen LogP contribution in [0.15, 0.2) is 20.4 Å². The van der Waals surface area contributed by atoms with Crippen LogP contribution in [0.4, 0.5) is 0 Å². The zero-order valence-electron chi connectivity index (χ0n) is 5.18. The average molecular weight is 186 g/mol. The molecule has 0 N–H and O–H groups in total. The van der Waals surface area contributed by atoms with E-state index in [1.165, 1.54) is 35.7 Å². The van der Waals surface area contributed by atoms with E-state index in [0.29, 0.717) is 5.03 Å². The van der Waals surface area contributed by atoms with Crippen molar-refractivity contribution in [3.05, 3.63) is 10.4 Å². The lowest BCUT2D eigenvalue weighted by Crippen LogP contribution is -1.82. The number of nitrogens with zero attached hydrogens (tertiary/aromatic N) is 2. The lowest BCUT2D eigenvalue weighted by atomic mass is 11.0. The zero-order valence-corrected chi connectivity index (χ0v) is 6.82. The van der Waals surface area contributed by atoms with Gasteiger partial charge in [-0.2, -0.15) is 9.98 Å². The molecule has 0 amide bonds. The van der Waals surface area contributed by atoms with Crippen LogP contribution in [-0.2, 0) is 9.59 Å². The number of rotatable bonds is 2. The zero-order chi connectivity index (χ0) is 8.10. The molecule has 0 aromatic rings. The van der Waals surface area contributed by atoms with E-state index in [9.17, 15) is 9.59 Å². The Labute approximate surface area is 70.9 Å². The van der Waals surface area contributed by atoms with Crippen molar-refractivity contribution in [3.8, 4) is 0 Å². The van der Waals surface area contributed by atoms with Crippen molar-refractivity contribution >= 4 is 35.7 Å². The van der Waals surface area contributed by atoms with Crippen molar-refractivity contribution in [3.63, 3.8) is 0 Å². The largest absolute Gasteiger partial charge is 0.241 e. The second kappa shape index (κ2) is 4.16. The van der Waals surface area contributed by atoms with Gasteiger partial charge in [0, 0.05) is 5.41 Å². The van der Waals surface area contributed by atoms with Crippen LogP contribution in [0.2, 0.25) is 0 Å². The summed E-state index contributed by atoms with van der Waals surface area (Å²) in [6.07, 6.45) is 2.84. The summed E-state index contributed by atoms with van der Waals surface area (Å²) < 4.78 is -0.236. The van der Waals surface area contributed by atoms with E-state index >= 15 is 0 Å². The molecule has 0 aromatic heterocycles. The SMILES string of the molecule is O=C=NC1=CSC(N=C=O)S1. The van der Waals surface area contributed by atoms with E-state index in [-0.39, 0.29) is 4.71 Å². The van der Waals surface area contributed by atoms with E-state index < -0.39 is 0 Å². The van der Waals surface area contributed by atoms with Crippen molar-refractivity contribution in [2.24, 2.45) is 9.98 Å². The van der Waals surface area contributed by atoms with Gasteiger partial charge in [-0.05, 0) is 0 Å². The minimum absolute atomic E-state index is 0.236. The Morgan fingerprint density at radius 1 is 1.45 bits per heavy atom. The van der Waals surface area contributed by atoms with Gasteiger partial charge >= 0.3 is 0 Å². The monoisotopic (exact) mass is 186 g/mol. The van der Waals surface area contributed by atoms with Gasteiger partial charge in [-0.3, -0.25) is 0 Å². The van der Waals surface area contributed by atoms with E-state index in [4.69, 9.17) is 0 Å². The molecule has 0 spiro atoms. The van der Waals surface area contributed by atoms with Crippen LogP contribution in [0.1, 0.15) is 0 Å². The molecule has 11 heavy (non-hydrogen) atoms. The third-order valence-corrected chi connectivity index (χ3v) is 3.05. The fourth-order valence-corrected chi connectivity index (χ4v) is 2.33. The van der Waals surface area contributed by atoms with Gasteiger partial charge in [0.05, 0.1) is 0 Å². The molecule has 0 aromatic carbocycles. The van der Waals surface area contributed by atoms with Gasteiger partial charge in [0.1, 0.15) is 5.03 Å². The Bertz CT molecular complexity index is 276. The summed E-state index contributed by atoms with van der Waals surface area (Å²) in [6, 6.07) is 0. The minimum Gasteiger partial charge on any atom is -0.211 e. The van der Waals surface area contributed by atoms with Gasteiger partial charge in [-0.1, -0.05) is 23.5 Å². The predicted molar refractivity (Wildman–Crippen MR) is 43.3 cm³/mol. The van der Waals surface area contributed by atoms with Crippen molar-refractivity contribution in [1.29, 1.82) is 0 Å². The highest BCUT2D eigenvalue weighted by atomic mass is 32.2. The number of aliphatic imine (C=N–C) groups is 2. The van der Waals surface area contributed by atoms with Crippen LogP contribution in [0.5, 0.6) is 0 Å². The molecular weight excluding hydrogens is 184 g/mol. The molecule has 4 nitrogen and oxygen atoms in total. The molecule has 0 fully saturated rings. The third-order valence-electron chi connectivity index (χ3n) is 0.821. The Kier molecular flexibility index (Phi) is 3.14. The highest BCUT2D eigenvalue weighted by Gasteiger charge is 2.16. The summed E-state index contributed by atoms with van der Waals surface area (Å²) in [6.45, 7) is 0. The summed E-state index contributed by atoms with van der Waals surface area (Å²) in [4.78, 5) is 26.3. The highest BCUT2D eigenvalue weighted by Crippen LogP contribution is 2.40. The molecule has 56 valence electrons. The van der Waals surface area contributed by atoms with Crippen LogP contribution >= 0.6 is 23.5 Å². The van der Waals surface area contributed by atoms with Crippen molar-refractivity contribution < 1.29 is 9.59 Å². The summed E-state index contributed by atoms with van der Waals surface area (Å²) in [5.41, 5.74) is 0. The molecule has 0 saturated carbocycles. The van der Waals surface area contributed by atoms with Crippen LogP contribution in [0, 0.1) is 0 Å². The molecule has 1 unspecified atom stereocenters. The maximum Gasteiger partial charge on any atom is 0.241 e. The second-order valence-corrected chi connectivity index (χ2v) is 3.79. The maximum atomic E-state index is 9.78. The first-order valence-electron chi connectivity index (χ1n) is 2.54. The number of hydrogen-bond donors (Lipinski definition) is 0. The van der Waals surface area contributed by atoms with Crippen molar-refractivity contribution in [2.45, 2.75) is 4.71 Å². The van der Waals surface area contributed by atoms with E-state index in [1.54, 1.807) is 5.41 Å². The van der Waals surface area contributed by atoms with Gasteiger partial charge < -0.3 is 0 Å². The Balaban J connectivity index is 2.55. The topological polar surface area (TPSA) is 58.9 Å². The number of carbonyl (C=O) groups excluding carboxylic acids is 2. The first-order valence-corrected chi connectivity index (χ1v) is 4.36. The van der Waals surface area contributed by atoms with Gasteiger partial charge in [0.15, 0.2) is 4.71 Å². The first-order chi connectivity index (χ1) is 5.36. The summed E-state index contributed by atoms with van der Waals surface area (Å²) in [5, 5.41) is 2.19. The molecule has 1 rings (SSSR count). The van der Waals surface area contributed by atoms with Crippen LogP contribution < -0.4 is 0 Å². The molecule has 0 radical (unpaired) electrons. The Hall–Kier alpha value is -0.800. The summed E-state index contributed by atoms with van der Waals surface area (Å²) in [5.74, 6) is 0. The molecular formula is C5H2N2O2S2. The first kappa shape index (κ1) is 8.30. The van der Waals surface area contributed by atoms with Gasteiger partial charge in [0.25, 0.3) is 0 Å².